The van der Waals surface area contributed by atoms with E-state index >= 15 is 0 Å². The third-order valence-corrected chi connectivity index (χ3v) is 4.60. The van der Waals surface area contributed by atoms with Crippen molar-refractivity contribution in [2.45, 2.75) is 13.0 Å². The molecule has 1 atom stereocenters. The molecule has 0 radical (unpaired) electrons. The molecule has 1 aliphatic rings. The largest absolute Gasteiger partial charge is 0.461 e. The SMILES string of the molecule is CC(CO)N1CCN(c2cc3nc(-c4ccco4)nn3c(N)n2)CC1. The molecule has 3 N–H and O–H groups in total. The summed E-state index contributed by atoms with van der Waals surface area (Å²) in [6.07, 6.45) is 1.58. The first-order valence-corrected chi connectivity index (χ1v) is 8.32. The lowest BCUT2D eigenvalue weighted by Crippen LogP contribution is -2.50. The molecule has 0 amide bonds. The highest BCUT2D eigenvalue weighted by Gasteiger charge is 2.22. The van der Waals surface area contributed by atoms with E-state index in [9.17, 15) is 5.11 Å². The Morgan fingerprint density at radius 3 is 2.76 bits per heavy atom. The zero-order valence-corrected chi connectivity index (χ0v) is 14.0. The molecule has 0 spiro atoms. The third-order valence-electron chi connectivity index (χ3n) is 4.60. The summed E-state index contributed by atoms with van der Waals surface area (Å²) in [5, 5.41) is 13.7. The van der Waals surface area contributed by atoms with E-state index in [0.717, 1.165) is 32.0 Å². The number of aliphatic hydroxyl groups excluding tert-OH is 1. The lowest BCUT2D eigenvalue weighted by atomic mass is 10.2. The number of furan rings is 1. The minimum Gasteiger partial charge on any atom is -0.461 e. The molecular formula is C16H21N7O2. The van der Waals surface area contributed by atoms with E-state index in [0.29, 0.717) is 23.2 Å². The van der Waals surface area contributed by atoms with Crippen LogP contribution in [0.2, 0.25) is 0 Å². The molecule has 1 fully saturated rings. The Hall–Kier alpha value is -2.65. The number of hydrogen-bond acceptors (Lipinski definition) is 8. The highest BCUT2D eigenvalue weighted by atomic mass is 16.3. The number of anilines is 2. The Kier molecular flexibility index (Phi) is 4.02. The molecule has 0 aliphatic carbocycles. The molecule has 0 saturated carbocycles. The Morgan fingerprint density at radius 1 is 1.28 bits per heavy atom. The number of nitrogens with zero attached hydrogens (tertiary/aromatic N) is 6. The first kappa shape index (κ1) is 15.9. The Balaban J connectivity index is 1.59. The second-order valence-corrected chi connectivity index (χ2v) is 6.21. The second-order valence-electron chi connectivity index (χ2n) is 6.21. The van der Waals surface area contributed by atoms with Crippen LogP contribution in [-0.4, -0.2) is 68.4 Å². The molecule has 9 heteroatoms. The number of nitrogens with two attached hydrogens (primary N) is 1. The average Bonchev–Trinajstić information content (AvgIpc) is 3.30. The van der Waals surface area contributed by atoms with E-state index in [1.54, 1.807) is 18.4 Å². The minimum atomic E-state index is 0.173. The van der Waals surface area contributed by atoms with Crippen LogP contribution in [0, 0.1) is 0 Å². The summed E-state index contributed by atoms with van der Waals surface area (Å²) >= 11 is 0. The molecule has 1 unspecified atom stereocenters. The molecule has 9 nitrogen and oxygen atoms in total. The van der Waals surface area contributed by atoms with E-state index < -0.39 is 0 Å². The van der Waals surface area contributed by atoms with Gasteiger partial charge in [-0.1, -0.05) is 0 Å². The standard InChI is InChI=1S/C16H21N7O2/c1-11(10-24)21-4-6-22(7-5-21)13-9-14-18-15(12-3-2-8-25-12)20-23(14)16(17)19-13/h2-3,8-9,11,24H,4-7,10H2,1H3,(H2,17,19). The van der Waals surface area contributed by atoms with Crippen LogP contribution in [0.4, 0.5) is 11.8 Å². The molecule has 0 bridgehead atoms. The van der Waals surface area contributed by atoms with Gasteiger partial charge in [-0.2, -0.15) is 9.50 Å². The topological polar surface area (TPSA) is 109 Å². The number of piperazine rings is 1. The molecule has 132 valence electrons. The maximum Gasteiger partial charge on any atom is 0.225 e. The molecule has 1 aliphatic heterocycles. The van der Waals surface area contributed by atoms with Crippen LogP contribution in [-0.2, 0) is 0 Å². The van der Waals surface area contributed by atoms with Gasteiger partial charge >= 0.3 is 0 Å². The van der Waals surface area contributed by atoms with Gasteiger partial charge in [0.15, 0.2) is 11.4 Å². The van der Waals surface area contributed by atoms with Gasteiger partial charge in [-0.05, 0) is 19.1 Å². The summed E-state index contributed by atoms with van der Waals surface area (Å²) in [6.45, 7) is 5.60. The molecule has 0 aromatic carbocycles. The van der Waals surface area contributed by atoms with Gasteiger partial charge in [-0.15, -0.1) is 5.10 Å². The van der Waals surface area contributed by atoms with Crippen molar-refractivity contribution in [1.82, 2.24) is 24.5 Å². The fourth-order valence-corrected chi connectivity index (χ4v) is 3.08. The maximum atomic E-state index is 9.30. The first-order valence-electron chi connectivity index (χ1n) is 8.32. The van der Waals surface area contributed by atoms with Crippen molar-refractivity contribution in [2.75, 3.05) is 43.4 Å². The van der Waals surface area contributed by atoms with E-state index in [2.05, 4.69) is 24.9 Å². The van der Waals surface area contributed by atoms with Gasteiger partial charge in [-0.25, -0.2) is 4.98 Å². The van der Waals surface area contributed by atoms with Gasteiger partial charge in [0, 0.05) is 38.3 Å². The van der Waals surface area contributed by atoms with Crippen molar-refractivity contribution >= 4 is 17.4 Å². The summed E-state index contributed by atoms with van der Waals surface area (Å²) in [5.74, 6) is 2.16. The summed E-state index contributed by atoms with van der Waals surface area (Å²) in [7, 11) is 0. The van der Waals surface area contributed by atoms with Crippen LogP contribution in [0.25, 0.3) is 17.2 Å². The van der Waals surface area contributed by atoms with Crippen LogP contribution in [0.15, 0.2) is 28.9 Å². The summed E-state index contributed by atoms with van der Waals surface area (Å²) < 4.78 is 6.86. The van der Waals surface area contributed by atoms with Crippen LogP contribution in [0.1, 0.15) is 6.92 Å². The molecular weight excluding hydrogens is 322 g/mol. The van der Waals surface area contributed by atoms with Crippen LogP contribution in [0.5, 0.6) is 0 Å². The molecule has 4 rings (SSSR count). The van der Waals surface area contributed by atoms with Gasteiger partial charge < -0.3 is 20.2 Å². The van der Waals surface area contributed by atoms with Crippen LogP contribution in [0.3, 0.4) is 0 Å². The van der Waals surface area contributed by atoms with E-state index in [1.165, 1.54) is 4.52 Å². The van der Waals surface area contributed by atoms with Crippen LogP contribution < -0.4 is 10.6 Å². The predicted octanol–water partition coefficient (Wildman–Crippen LogP) is 0.469. The normalized spacial score (nSPS) is 17.3. The fourth-order valence-electron chi connectivity index (χ4n) is 3.08. The number of aromatic nitrogens is 4. The van der Waals surface area contributed by atoms with Crippen molar-refractivity contribution in [2.24, 2.45) is 0 Å². The highest BCUT2D eigenvalue weighted by molar-refractivity contribution is 5.59. The highest BCUT2D eigenvalue weighted by Crippen LogP contribution is 2.22. The van der Waals surface area contributed by atoms with Gasteiger partial charge in [0.1, 0.15) is 5.82 Å². The van der Waals surface area contributed by atoms with Crippen molar-refractivity contribution in [1.29, 1.82) is 0 Å². The number of hydrogen-bond donors (Lipinski definition) is 2. The number of fused-ring (bicyclic) bond motifs is 1. The predicted molar refractivity (Wildman–Crippen MR) is 93.2 cm³/mol. The van der Waals surface area contributed by atoms with Gasteiger partial charge in [0.25, 0.3) is 0 Å². The minimum absolute atomic E-state index is 0.173. The molecule has 1 saturated heterocycles. The molecule has 25 heavy (non-hydrogen) atoms. The first-order chi connectivity index (χ1) is 12.2. The average molecular weight is 343 g/mol. The molecule has 4 heterocycles. The Morgan fingerprint density at radius 2 is 2.08 bits per heavy atom. The van der Waals surface area contributed by atoms with Gasteiger partial charge in [0.05, 0.1) is 12.9 Å². The van der Waals surface area contributed by atoms with Crippen molar-refractivity contribution < 1.29 is 9.52 Å². The van der Waals surface area contributed by atoms with Crippen molar-refractivity contribution in [3.8, 4) is 11.6 Å². The quantitative estimate of drug-likeness (QED) is 0.704. The fraction of sp³-hybridized carbons (Fsp3) is 0.438. The monoisotopic (exact) mass is 343 g/mol. The van der Waals surface area contributed by atoms with Crippen LogP contribution >= 0.6 is 0 Å². The third kappa shape index (κ3) is 2.92. The van der Waals surface area contributed by atoms with E-state index in [4.69, 9.17) is 10.2 Å². The van der Waals surface area contributed by atoms with E-state index in [-0.39, 0.29) is 12.6 Å². The molecule has 3 aromatic rings. The second kappa shape index (κ2) is 6.34. The summed E-state index contributed by atoms with van der Waals surface area (Å²) in [6, 6.07) is 5.66. The number of rotatable bonds is 4. The Bertz CT molecular complexity index is 853. The zero-order valence-electron chi connectivity index (χ0n) is 14.0. The lowest BCUT2D eigenvalue weighted by Gasteiger charge is -2.38. The maximum absolute atomic E-state index is 9.30. The molecule has 3 aromatic heterocycles. The van der Waals surface area contributed by atoms with Crippen molar-refractivity contribution in [3.05, 3.63) is 24.5 Å². The number of nitrogen functional groups attached to an aromatic ring is 1. The smallest absolute Gasteiger partial charge is 0.225 e. The van der Waals surface area contributed by atoms with Crippen molar-refractivity contribution in [3.63, 3.8) is 0 Å². The van der Waals surface area contributed by atoms with Gasteiger partial charge in [-0.3, -0.25) is 4.90 Å². The number of aliphatic hydroxyl groups is 1. The summed E-state index contributed by atoms with van der Waals surface area (Å²) in [4.78, 5) is 13.4. The van der Waals surface area contributed by atoms with Gasteiger partial charge in [0.2, 0.25) is 11.8 Å². The van der Waals surface area contributed by atoms with E-state index in [1.807, 2.05) is 13.0 Å². The lowest BCUT2D eigenvalue weighted by molar-refractivity contribution is 0.128. The Labute approximate surface area is 144 Å². The summed E-state index contributed by atoms with van der Waals surface area (Å²) in [5.41, 5.74) is 6.72. The zero-order chi connectivity index (χ0) is 17.4.